The summed E-state index contributed by atoms with van der Waals surface area (Å²) in [5.41, 5.74) is 0. The molecule has 0 aromatic carbocycles. The molecule has 0 atom stereocenters. The van der Waals surface area contributed by atoms with Gasteiger partial charge in [-0.1, -0.05) is 39.2 Å². The van der Waals surface area contributed by atoms with E-state index in [1.807, 2.05) is 0 Å². The fraction of sp³-hybridized carbons (Fsp3) is 0.905. The average Bonchev–Trinajstić information content (AvgIpc) is 2.71. The predicted molar refractivity (Wildman–Crippen MR) is 110 cm³/mol. The summed E-state index contributed by atoms with van der Waals surface area (Å²) in [5, 5.41) is 0. The number of hydrogen-bond donors (Lipinski definition) is 0. The molecular weight excluding hydrogens is 364 g/mol. The van der Waals surface area contributed by atoms with Gasteiger partial charge >= 0.3 is 0 Å². The summed E-state index contributed by atoms with van der Waals surface area (Å²) in [6.07, 6.45) is 7.73. The molecule has 168 valence electrons. The molecular formula is C21H42O7. The van der Waals surface area contributed by atoms with Crippen LogP contribution >= 0.6 is 0 Å². The van der Waals surface area contributed by atoms with E-state index in [9.17, 15) is 0 Å². The normalized spacial score (nSPS) is 11.0. The third-order valence-corrected chi connectivity index (χ3v) is 3.72. The summed E-state index contributed by atoms with van der Waals surface area (Å²) < 4.78 is 37.4. The molecule has 0 amide bonds. The maximum Gasteiger partial charge on any atom is 0.111 e. The number of unbranched alkanes of at least 4 members (excludes halogenated alkanes) is 4. The van der Waals surface area contributed by atoms with Crippen LogP contribution < -0.4 is 0 Å². The number of hydrogen-bond acceptors (Lipinski definition) is 7. The second kappa shape index (κ2) is 26.3. The molecule has 7 nitrogen and oxygen atoms in total. The first-order valence-electron chi connectivity index (χ1n) is 10.6. The maximum absolute atomic E-state index is 5.53. The van der Waals surface area contributed by atoms with Gasteiger partial charge < -0.3 is 33.2 Å². The van der Waals surface area contributed by atoms with Crippen molar-refractivity contribution < 1.29 is 33.2 Å². The van der Waals surface area contributed by atoms with Gasteiger partial charge in [0.05, 0.1) is 78.9 Å². The zero-order chi connectivity index (χ0) is 20.4. The van der Waals surface area contributed by atoms with E-state index in [0.717, 1.165) is 13.0 Å². The first kappa shape index (κ1) is 27.3. The quantitative estimate of drug-likeness (QED) is 0.170. The van der Waals surface area contributed by atoms with Gasteiger partial charge in [0.2, 0.25) is 0 Å². The first-order chi connectivity index (χ1) is 13.9. The average molecular weight is 407 g/mol. The Hall–Kier alpha value is -0.700. The summed E-state index contributed by atoms with van der Waals surface area (Å²) in [6, 6.07) is 0. The van der Waals surface area contributed by atoms with Crippen molar-refractivity contribution in [2.45, 2.75) is 39.0 Å². The molecule has 0 aliphatic carbocycles. The first-order valence-corrected chi connectivity index (χ1v) is 10.6. The van der Waals surface area contributed by atoms with E-state index in [2.05, 4.69) is 13.5 Å². The van der Waals surface area contributed by atoms with Gasteiger partial charge in [0.15, 0.2) is 0 Å². The van der Waals surface area contributed by atoms with E-state index < -0.39 is 0 Å². The smallest absolute Gasteiger partial charge is 0.111 e. The third kappa shape index (κ3) is 25.3. The van der Waals surface area contributed by atoms with Gasteiger partial charge in [0.25, 0.3) is 0 Å². The van der Waals surface area contributed by atoms with Crippen molar-refractivity contribution in [1.29, 1.82) is 0 Å². The standard InChI is InChI=1S/C21H42O7/c1-3-5-6-7-8-9-23-12-13-25-16-17-27-20-21-28-19-18-26-15-14-24-11-10-22-4-2/h4H,2-3,5-21H2,1H3. The molecule has 0 saturated carbocycles. The lowest BCUT2D eigenvalue weighted by molar-refractivity contribution is -0.0185. The summed E-state index contributed by atoms with van der Waals surface area (Å²) in [6.45, 7) is 13.3. The zero-order valence-electron chi connectivity index (χ0n) is 17.9. The fourth-order valence-corrected chi connectivity index (χ4v) is 2.20. The van der Waals surface area contributed by atoms with Gasteiger partial charge in [-0.05, 0) is 6.42 Å². The lowest BCUT2D eigenvalue weighted by atomic mass is 10.2. The molecule has 7 heteroatoms. The van der Waals surface area contributed by atoms with Gasteiger partial charge in [0, 0.05) is 6.61 Å². The molecule has 0 aromatic rings. The van der Waals surface area contributed by atoms with Crippen LogP contribution in [0.4, 0.5) is 0 Å². The topological polar surface area (TPSA) is 64.6 Å². The highest BCUT2D eigenvalue weighted by atomic mass is 16.6. The lowest BCUT2D eigenvalue weighted by Crippen LogP contribution is -2.14. The van der Waals surface area contributed by atoms with E-state index in [0.29, 0.717) is 79.3 Å². The Morgan fingerprint density at radius 1 is 0.464 bits per heavy atom. The van der Waals surface area contributed by atoms with Crippen molar-refractivity contribution in [3.63, 3.8) is 0 Å². The molecule has 0 aliphatic heterocycles. The van der Waals surface area contributed by atoms with Gasteiger partial charge in [-0.2, -0.15) is 0 Å². The molecule has 0 bridgehead atoms. The van der Waals surface area contributed by atoms with E-state index in [4.69, 9.17) is 33.2 Å². The van der Waals surface area contributed by atoms with Crippen molar-refractivity contribution >= 4 is 0 Å². The monoisotopic (exact) mass is 406 g/mol. The van der Waals surface area contributed by atoms with Crippen LogP contribution in [0.25, 0.3) is 0 Å². The predicted octanol–water partition coefficient (Wildman–Crippen LogP) is 3.22. The highest BCUT2D eigenvalue weighted by Gasteiger charge is 1.94. The van der Waals surface area contributed by atoms with Crippen LogP contribution in [0.2, 0.25) is 0 Å². The summed E-state index contributed by atoms with van der Waals surface area (Å²) in [4.78, 5) is 0. The summed E-state index contributed by atoms with van der Waals surface area (Å²) in [5.74, 6) is 0. The van der Waals surface area contributed by atoms with Crippen LogP contribution in [0.3, 0.4) is 0 Å². The number of ether oxygens (including phenoxy) is 7. The third-order valence-electron chi connectivity index (χ3n) is 3.72. The molecule has 28 heavy (non-hydrogen) atoms. The van der Waals surface area contributed by atoms with Gasteiger partial charge in [-0.25, -0.2) is 0 Å². The molecule has 0 N–H and O–H groups in total. The van der Waals surface area contributed by atoms with Crippen molar-refractivity contribution in [2.75, 3.05) is 85.9 Å². The molecule has 0 spiro atoms. The minimum Gasteiger partial charge on any atom is -0.499 e. The van der Waals surface area contributed by atoms with Crippen molar-refractivity contribution in [3.05, 3.63) is 12.8 Å². The van der Waals surface area contributed by atoms with Gasteiger partial charge in [0.1, 0.15) is 6.61 Å². The van der Waals surface area contributed by atoms with Crippen molar-refractivity contribution in [1.82, 2.24) is 0 Å². The van der Waals surface area contributed by atoms with E-state index in [1.165, 1.54) is 31.9 Å². The summed E-state index contributed by atoms with van der Waals surface area (Å²) in [7, 11) is 0. The second-order valence-electron chi connectivity index (χ2n) is 6.13. The zero-order valence-corrected chi connectivity index (χ0v) is 17.9. The van der Waals surface area contributed by atoms with Crippen molar-refractivity contribution in [2.24, 2.45) is 0 Å². The van der Waals surface area contributed by atoms with Crippen LogP contribution in [0, 0.1) is 0 Å². The van der Waals surface area contributed by atoms with Crippen LogP contribution in [0.15, 0.2) is 12.8 Å². The molecule has 0 rings (SSSR count). The van der Waals surface area contributed by atoms with Crippen LogP contribution in [0.5, 0.6) is 0 Å². The minimum atomic E-state index is 0.518. The molecule has 0 saturated heterocycles. The Kier molecular flexibility index (Phi) is 25.6. The Morgan fingerprint density at radius 2 is 0.821 bits per heavy atom. The van der Waals surface area contributed by atoms with Crippen LogP contribution in [0.1, 0.15) is 39.0 Å². The van der Waals surface area contributed by atoms with Crippen LogP contribution in [-0.4, -0.2) is 85.9 Å². The highest BCUT2D eigenvalue weighted by molar-refractivity contribution is 4.47. The van der Waals surface area contributed by atoms with E-state index in [1.54, 1.807) is 0 Å². The molecule has 0 radical (unpaired) electrons. The van der Waals surface area contributed by atoms with Gasteiger partial charge in [-0.15, -0.1) is 0 Å². The van der Waals surface area contributed by atoms with Gasteiger partial charge in [-0.3, -0.25) is 0 Å². The Bertz CT molecular complexity index is 290. The Labute approximate surface area is 171 Å². The van der Waals surface area contributed by atoms with E-state index >= 15 is 0 Å². The molecule has 0 fully saturated rings. The molecule has 0 aliphatic rings. The summed E-state index contributed by atoms with van der Waals surface area (Å²) >= 11 is 0. The SMILES string of the molecule is C=COCCOCCOCCOCCOCCOCCOCCCCCCC. The number of rotatable bonds is 25. The van der Waals surface area contributed by atoms with Crippen LogP contribution in [-0.2, 0) is 33.2 Å². The lowest BCUT2D eigenvalue weighted by Gasteiger charge is -2.08. The molecule has 0 unspecified atom stereocenters. The maximum atomic E-state index is 5.53. The van der Waals surface area contributed by atoms with E-state index in [-0.39, 0.29) is 0 Å². The highest BCUT2D eigenvalue weighted by Crippen LogP contribution is 2.02. The van der Waals surface area contributed by atoms with Crippen molar-refractivity contribution in [3.8, 4) is 0 Å². The molecule has 0 heterocycles. The molecule has 0 aromatic heterocycles. The largest absolute Gasteiger partial charge is 0.499 e. The second-order valence-corrected chi connectivity index (χ2v) is 6.13. The Balaban J connectivity index is 2.97. The Morgan fingerprint density at radius 3 is 1.21 bits per heavy atom. The minimum absolute atomic E-state index is 0.518. The fourth-order valence-electron chi connectivity index (χ4n) is 2.20.